The maximum Gasteiger partial charge on any atom is 0.328 e. The van der Waals surface area contributed by atoms with E-state index in [2.05, 4.69) is 10.3 Å². The van der Waals surface area contributed by atoms with Gasteiger partial charge in [-0.1, -0.05) is 11.8 Å². The molecule has 2 heterocycles. The molecule has 1 atom stereocenters. The zero-order chi connectivity index (χ0) is 11.5. The number of oxazole rings is 1. The van der Waals surface area contributed by atoms with E-state index in [1.54, 1.807) is 6.26 Å². The van der Waals surface area contributed by atoms with Gasteiger partial charge in [-0.2, -0.15) is 4.98 Å². The number of esters is 1. The van der Waals surface area contributed by atoms with Crippen LogP contribution in [0.4, 0.5) is 0 Å². The molecular weight excluding hydrogens is 232 g/mol. The Bertz CT molecular complexity index is 417. The summed E-state index contributed by atoms with van der Waals surface area (Å²) in [5, 5.41) is 2.95. The average molecular weight is 242 g/mol. The summed E-state index contributed by atoms with van der Waals surface area (Å²) < 4.78 is 9.73. The zero-order valence-corrected chi connectivity index (χ0v) is 9.37. The van der Waals surface area contributed by atoms with Crippen molar-refractivity contribution in [3.05, 3.63) is 12.0 Å². The SMILES string of the molecule is CSc1nc(C(=O)N[C@H]2CCOC2=O)co1. The molecule has 1 aromatic heterocycles. The lowest BCUT2D eigenvalue weighted by Gasteiger charge is -2.05. The number of carbonyl (C=O) groups is 2. The minimum absolute atomic E-state index is 0.170. The maximum absolute atomic E-state index is 11.6. The van der Waals surface area contributed by atoms with Crippen molar-refractivity contribution in [3.8, 4) is 0 Å². The third-order valence-electron chi connectivity index (χ3n) is 2.13. The van der Waals surface area contributed by atoms with E-state index in [-0.39, 0.29) is 5.69 Å². The van der Waals surface area contributed by atoms with Gasteiger partial charge in [-0.25, -0.2) is 4.79 Å². The molecular formula is C9H10N2O4S. The van der Waals surface area contributed by atoms with Crippen molar-refractivity contribution in [2.45, 2.75) is 17.7 Å². The predicted molar refractivity (Wildman–Crippen MR) is 55.1 cm³/mol. The van der Waals surface area contributed by atoms with Gasteiger partial charge < -0.3 is 14.5 Å². The second-order valence-corrected chi connectivity index (χ2v) is 3.94. The van der Waals surface area contributed by atoms with Crippen molar-refractivity contribution in [2.24, 2.45) is 0 Å². The third-order valence-corrected chi connectivity index (χ3v) is 2.67. The number of carbonyl (C=O) groups excluding carboxylic acids is 2. The molecule has 86 valence electrons. The summed E-state index contributed by atoms with van der Waals surface area (Å²) >= 11 is 1.30. The summed E-state index contributed by atoms with van der Waals surface area (Å²) in [6, 6.07) is -0.568. The Balaban J connectivity index is 1.99. The summed E-state index contributed by atoms with van der Waals surface area (Å²) in [4.78, 5) is 26.7. The van der Waals surface area contributed by atoms with Crippen molar-refractivity contribution in [2.75, 3.05) is 12.9 Å². The second kappa shape index (κ2) is 4.56. The molecule has 0 bridgehead atoms. The number of cyclic esters (lactones) is 1. The number of thioether (sulfide) groups is 1. The topological polar surface area (TPSA) is 81.4 Å². The Labute approximate surface area is 95.7 Å². The quantitative estimate of drug-likeness (QED) is 0.612. The molecule has 0 spiro atoms. The number of hydrogen-bond acceptors (Lipinski definition) is 6. The number of nitrogens with zero attached hydrogens (tertiary/aromatic N) is 1. The van der Waals surface area contributed by atoms with Gasteiger partial charge in [0.2, 0.25) is 0 Å². The third kappa shape index (κ3) is 2.19. The van der Waals surface area contributed by atoms with Gasteiger partial charge in [0.1, 0.15) is 12.3 Å². The van der Waals surface area contributed by atoms with Crippen LogP contribution < -0.4 is 5.32 Å². The van der Waals surface area contributed by atoms with Gasteiger partial charge in [0.15, 0.2) is 5.69 Å². The monoisotopic (exact) mass is 242 g/mol. The van der Waals surface area contributed by atoms with Crippen LogP contribution in [0.5, 0.6) is 0 Å². The van der Waals surface area contributed by atoms with Crippen LogP contribution in [-0.2, 0) is 9.53 Å². The van der Waals surface area contributed by atoms with Gasteiger partial charge in [0.25, 0.3) is 11.1 Å². The average Bonchev–Trinajstić information content (AvgIpc) is 2.88. The highest BCUT2D eigenvalue weighted by atomic mass is 32.2. The molecule has 6 nitrogen and oxygen atoms in total. The van der Waals surface area contributed by atoms with Crippen LogP contribution in [0.1, 0.15) is 16.9 Å². The van der Waals surface area contributed by atoms with E-state index in [0.29, 0.717) is 18.3 Å². The van der Waals surface area contributed by atoms with Gasteiger partial charge >= 0.3 is 5.97 Å². The molecule has 16 heavy (non-hydrogen) atoms. The van der Waals surface area contributed by atoms with Crippen molar-refractivity contribution in [1.82, 2.24) is 10.3 Å². The van der Waals surface area contributed by atoms with E-state index in [1.165, 1.54) is 18.0 Å². The summed E-state index contributed by atoms with van der Waals surface area (Å²) in [5.41, 5.74) is 0.170. The Morgan fingerprint density at radius 1 is 1.69 bits per heavy atom. The van der Waals surface area contributed by atoms with Gasteiger partial charge in [0.05, 0.1) is 6.61 Å². The Morgan fingerprint density at radius 3 is 3.06 bits per heavy atom. The summed E-state index contributed by atoms with van der Waals surface area (Å²) in [7, 11) is 0. The van der Waals surface area contributed by atoms with E-state index >= 15 is 0 Å². The number of nitrogens with one attached hydrogen (secondary N) is 1. The van der Waals surface area contributed by atoms with Crippen molar-refractivity contribution in [3.63, 3.8) is 0 Å². The first-order valence-electron chi connectivity index (χ1n) is 4.67. The first kappa shape index (κ1) is 11.0. The lowest BCUT2D eigenvalue weighted by Crippen LogP contribution is -2.38. The number of aromatic nitrogens is 1. The molecule has 0 radical (unpaired) electrons. The molecule has 1 aliphatic rings. The summed E-state index contributed by atoms with van der Waals surface area (Å²) in [6.07, 6.45) is 3.56. The molecule has 1 N–H and O–H groups in total. The summed E-state index contributed by atoms with van der Waals surface area (Å²) in [5.74, 6) is -0.824. The molecule has 7 heteroatoms. The highest BCUT2D eigenvalue weighted by molar-refractivity contribution is 7.98. The lowest BCUT2D eigenvalue weighted by atomic mass is 10.2. The number of hydrogen-bond donors (Lipinski definition) is 1. The Morgan fingerprint density at radius 2 is 2.50 bits per heavy atom. The van der Waals surface area contributed by atoms with Gasteiger partial charge in [-0.15, -0.1) is 0 Å². The van der Waals surface area contributed by atoms with E-state index in [4.69, 9.17) is 9.15 Å². The molecule has 2 rings (SSSR count). The summed E-state index contributed by atoms with van der Waals surface area (Å²) in [6.45, 7) is 0.346. The number of rotatable bonds is 3. The largest absolute Gasteiger partial charge is 0.464 e. The van der Waals surface area contributed by atoms with E-state index in [0.717, 1.165) is 0 Å². The molecule has 0 unspecified atom stereocenters. The molecule has 1 fully saturated rings. The van der Waals surface area contributed by atoms with Crippen molar-refractivity contribution in [1.29, 1.82) is 0 Å². The van der Waals surface area contributed by atoms with Crippen molar-refractivity contribution >= 4 is 23.6 Å². The fraction of sp³-hybridized carbons (Fsp3) is 0.444. The smallest absolute Gasteiger partial charge is 0.328 e. The van der Waals surface area contributed by atoms with Gasteiger partial charge in [0, 0.05) is 6.42 Å². The Hall–Kier alpha value is -1.50. The van der Waals surface area contributed by atoms with Crippen LogP contribution in [0.25, 0.3) is 0 Å². The van der Waals surface area contributed by atoms with Crippen LogP contribution in [-0.4, -0.2) is 35.8 Å². The fourth-order valence-corrected chi connectivity index (χ4v) is 1.65. The number of amides is 1. The minimum Gasteiger partial charge on any atom is -0.464 e. The molecule has 0 saturated carbocycles. The van der Waals surface area contributed by atoms with Crippen LogP contribution in [0.3, 0.4) is 0 Å². The van der Waals surface area contributed by atoms with Crippen molar-refractivity contribution < 1.29 is 18.7 Å². The van der Waals surface area contributed by atoms with Gasteiger partial charge in [-0.3, -0.25) is 4.79 Å². The Kier molecular flexibility index (Phi) is 3.14. The fourth-order valence-electron chi connectivity index (χ4n) is 1.31. The van der Waals surface area contributed by atoms with E-state index in [9.17, 15) is 9.59 Å². The first-order chi connectivity index (χ1) is 7.70. The van der Waals surface area contributed by atoms with Crippen LogP contribution in [0, 0.1) is 0 Å². The molecule has 0 aromatic carbocycles. The standard InChI is InChI=1S/C9H10N2O4S/c1-16-9-11-6(4-15-9)7(12)10-5-2-3-14-8(5)13/h4-5H,2-3H2,1H3,(H,10,12)/t5-/m0/s1. The van der Waals surface area contributed by atoms with Crippen LogP contribution in [0.2, 0.25) is 0 Å². The lowest BCUT2D eigenvalue weighted by molar-refractivity contribution is -0.139. The minimum atomic E-state index is -0.568. The second-order valence-electron chi connectivity index (χ2n) is 3.18. The highest BCUT2D eigenvalue weighted by Gasteiger charge is 2.28. The predicted octanol–water partition coefficient (Wildman–Crippen LogP) is 0.442. The highest BCUT2D eigenvalue weighted by Crippen LogP contribution is 2.14. The molecule has 1 aliphatic heterocycles. The molecule has 1 aromatic rings. The molecule has 1 saturated heterocycles. The van der Waals surface area contributed by atoms with Crippen LogP contribution >= 0.6 is 11.8 Å². The number of ether oxygens (including phenoxy) is 1. The van der Waals surface area contributed by atoms with E-state index in [1.807, 2.05) is 0 Å². The van der Waals surface area contributed by atoms with E-state index < -0.39 is 17.9 Å². The normalized spacial score (nSPS) is 19.6. The van der Waals surface area contributed by atoms with Gasteiger partial charge in [-0.05, 0) is 6.26 Å². The van der Waals surface area contributed by atoms with Crippen LogP contribution in [0.15, 0.2) is 15.9 Å². The zero-order valence-electron chi connectivity index (χ0n) is 8.56. The maximum atomic E-state index is 11.6. The molecule has 0 aliphatic carbocycles. The first-order valence-corrected chi connectivity index (χ1v) is 5.90. The molecule has 1 amide bonds.